The molecule has 0 bridgehead atoms. The number of carbonyl (C=O) groups excluding carboxylic acids is 1. The zero-order valence-corrected chi connectivity index (χ0v) is 19.4. The van der Waals surface area contributed by atoms with Gasteiger partial charge in [0.15, 0.2) is 34.5 Å². The number of benzene rings is 2. The van der Waals surface area contributed by atoms with Crippen LogP contribution in [0.2, 0.25) is 0 Å². The van der Waals surface area contributed by atoms with Gasteiger partial charge in [0.1, 0.15) is 5.75 Å². The van der Waals surface area contributed by atoms with Crippen LogP contribution in [0, 0.1) is 5.92 Å². The highest BCUT2D eigenvalue weighted by Crippen LogP contribution is 2.54. The van der Waals surface area contributed by atoms with Crippen molar-refractivity contribution >= 4 is 5.97 Å². The molecule has 0 N–H and O–H groups in total. The molecule has 11 nitrogen and oxygen atoms in total. The van der Waals surface area contributed by atoms with Crippen LogP contribution in [-0.4, -0.2) is 58.9 Å². The molecule has 186 valence electrons. The molecule has 2 fully saturated rings. The van der Waals surface area contributed by atoms with Crippen molar-refractivity contribution in [3.8, 4) is 40.2 Å². The lowest BCUT2D eigenvalue weighted by Crippen LogP contribution is -2.50. The predicted octanol–water partition coefficient (Wildman–Crippen LogP) is 2.59. The quantitative estimate of drug-likeness (QED) is 0.560. The lowest BCUT2D eigenvalue weighted by Gasteiger charge is -2.32. The number of hydrogen-bond donors (Lipinski definition) is 0. The lowest BCUT2D eigenvalue weighted by molar-refractivity contribution is -0.191. The first-order chi connectivity index (χ1) is 17.0. The Hall–Kier alpha value is -3.57. The molecule has 6 rings (SSSR count). The molecule has 4 heterocycles. The molecule has 2 saturated heterocycles. The lowest BCUT2D eigenvalue weighted by atomic mass is 9.85. The maximum absolute atomic E-state index is 12.2. The second-order valence-corrected chi connectivity index (χ2v) is 8.47. The van der Waals surface area contributed by atoms with Crippen LogP contribution < -0.4 is 33.2 Å². The molecule has 35 heavy (non-hydrogen) atoms. The van der Waals surface area contributed by atoms with Gasteiger partial charge in [-0.2, -0.15) is 0 Å². The van der Waals surface area contributed by atoms with Gasteiger partial charge in [0, 0.05) is 30.7 Å². The number of carbonyl (C=O) groups is 1. The summed E-state index contributed by atoms with van der Waals surface area (Å²) in [7, 11) is 3.09. The fourth-order valence-corrected chi connectivity index (χ4v) is 4.97. The van der Waals surface area contributed by atoms with Crippen LogP contribution in [0.3, 0.4) is 0 Å². The molecule has 0 saturated carbocycles. The van der Waals surface area contributed by atoms with Crippen molar-refractivity contribution in [3.05, 3.63) is 29.8 Å². The summed E-state index contributed by atoms with van der Waals surface area (Å²) in [5, 5.41) is 0. The van der Waals surface area contributed by atoms with Crippen molar-refractivity contribution < 1.29 is 52.2 Å². The summed E-state index contributed by atoms with van der Waals surface area (Å²) in [6, 6.07) is 6.92. The van der Waals surface area contributed by atoms with Crippen molar-refractivity contribution in [3.63, 3.8) is 0 Å². The van der Waals surface area contributed by atoms with Gasteiger partial charge in [-0.1, -0.05) is 0 Å². The molecule has 0 radical (unpaired) electrons. The third kappa shape index (κ3) is 3.45. The van der Waals surface area contributed by atoms with Crippen LogP contribution in [0.1, 0.15) is 18.6 Å². The van der Waals surface area contributed by atoms with Crippen molar-refractivity contribution in [1.29, 1.82) is 0 Å². The second-order valence-electron chi connectivity index (χ2n) is 8.47. The fraction of sp³-hybridized carbons (Fsp3) is 0.458. The predicted molar refractivity (Wildman–Crippen MR) is 115 cm³/mol. The monoisotopic (exact) mass is 488 g/mol. The van der Waals surface area contributed by atoms with Crippen LogP contribution in [0.5, 0.6) is 40.2 Å². The van der Waals surface area contributed by atoms with E-state index in [1.165, 1.54) is 14.0 Å². The zero-order chi connectivity index (χ0) is 24.2. The summed E-state index contributed by atoms with van der Waals surface area (Å²) >= 11 is 0. The number of methoxy groups -OCH3 is 2. The Morgan fingerprint density at radius 3 is 2.09 bits per heavy atom. The van der Waals surface area contributed by atoms with Gasteiger partial charge >= 0.3 is 5.97 Å². The molecule has 11 heteroatoms. The molecular weight excluding hydrogens is 464 g/mol. The van der Waals surface area contributed by atoms with E-state index in [0.29, 0.717) is 40.2 Å². The van der Waals surface area contributed by atoms with E-state index in [9.17, 15) is 4.79 Å². The van der Waals surface area contributed by atoms with E-state index >= 15 is 0 Å². The van der Waals surface area contributed by atoms with E-state index in [1.54, 1.807) is 25.3 Å². The highest BCUT2D eigenvalue weighted by atomic mass is 16.7. The van der Waals surface area contributed by atoms with Gasteiger partial charge in [-0.15, -0.1) is 0 Å². The Balaban J connectivity index is 1.34. The van der Waals surface area contributed by atoms with Gasteiger partial charge < -0.3 is 47.4 Å². The molecule has 0 unspecified atom stereocenters. The Labute approximate surface area is 200 Å². The molecule has 2 aromatic carbocycles. The van der Waals surface area contributed by atoms with Crippen LogP contribution in [0.15, 0.2) is 24.3 Å². The van der Waals surface area contributed by atoms with Crippen molar-refractivity contribution in [2.45, 2.75) is 24.9 Å². The summed E-state index contributed by atoms with van der Waals surface area (Å²) in [4.78, 5) is 12.2. The molecule has 4 aliphatic heterocycles. The summed E-state index contributed by atoms with van der Waals surface area (Å²) in [6.07, 6.45) is -1.47. The zero-order valence-electron chi connectivity index (χ0n) is 19.4. The molecule has 0 spiro atoms. The number of fused-ring (bicyclic) bond motifs is 3. The topological polar surface area (TPSA) is 109 Å². The highest BCUT2D eigenvalue weighted by Gasteiger charge is 2.64. The minimum Gasteiger partial charge on any atom is -0.496 e. The van der Waals surface area contributed by atoms with Crippen molar-refractivity contribution in [2.75, 3.05) is 41.0 Å². The van der Waals surface area contributed by atoms with Crippen LogP contribution in [0.4, 0.5) is 0 Å². The first-order valence-electron chi connectivity index (χ1n) is 11.1. The number of rotatable bonds is 6. The summed E-state index contributed by atoms with van der Waals surface area (Å²) in [6.45, 7) is 1.85. The Morgan fingerprint density at radius 1 is 0.857 bits per heavy atom. The van der Waals surface area contributed by atoms with E-state index in [1.807, 2.05) is 6.07 Å². The fourth-order valence-electron chi connectivity index (χ4n) is 4.97. The third-order valence-electron chi connectivity index (χ3n) is 6.57. The minimum absolute atomic E-state index is 0.0526. The summed E-state index contributed by atoms with van der Waals surface area (Å²) in [5.74, 6) is 2.74. The largest absolute Gasteiger partial charge is 0.496 e. The van der Waals surface area contributed by atoms with Gasteiger partial charge in [-0.25, -0.2) is 0 Å². The number of esters is 1. The Morgan fingerprint density at radius 2 is 1.46 bits per heavy atom. The van der Waals surface area contributed by atoms with E-state index < -0.39 is 24.0 Å². The molecule has 4 aliphatic rings. The standard InChI is InChI=1S/C24H24O11/c1-12(25)35-24-9-29-22(13-4-17-18(31-10-30-17)5-15(13)26-2)14(24)8-28-23(24)34-21-7-20-19(32-11-33-20)6-16(21)27-3/h4-7,14,22-23H,8-11H2,1-3H3/t14-,22-,23+,24-/m1/s1. The summed E-state index contributed by atoms with van der Waals surface area (Å²) < 4.78 is 57.4. The average Bonchev–Trinajstić information content (AvgIpc) is 3.62. The first-order valence-corrected chi connectivity index (χ1v) is 11.1. The van der Waals surface area contributed by atoms with Crippen molar-refractivity contribution in [1.82, 2.24) is 0 Å². The number of hydrogen-bond acceptors (Lipinski definition) is 11. The molecule has 2 aromatic rings. The normalized spacial score (nSPS) is 27.5. The van der Waals surface area contributed by atoms with E-state index in [2.05, 4.69) is 0 Å². The minimum atomic E-state index is -1.21. The van der Waals surface area contributed by atoms with Gasteiger partial charge in [-0.3, -0.25) is 4.79 Å². The maximum Gasteiger partial charge on any atom is 0.303 e. The molecule has 0 amide bonds. The number of ether oxygens (including phenoxy) is 10. The molecule has 0 aromatic heterocycles. The van der Waals surface area contributed by atoms with Gasteiger partial charge in [0.2, 0.25) is 25.5 Å². The van der Waals surface area contributed by atoms with Crippen LogP contribution in [-0.2, 0) is 19.0 Å². The van der Waals surface area contributed by atoms with E-state index in [-0.39, 0.29) is 32.7 Å². The molecular formula is C24H24O11. The summed E-state index contributed by atoms with van der Waals surface area (Å²) in [5.41, 5.74) is -0.472. The molecule has 4 atom stereocenters. The van der Waals surface area contributed by atoms with Gasteiger partial charge in [0.25, 0.3) is 0 Å². The van der Waals surface area contributed by atoms with Gasteiger partial charge in [0.05, 0.1) is 39.5 Å². The first kappa shape index (κ1) is 21.9. The Kier molecular flexibility index (Phi) is 5.19. The Bertz CT molecular complexity index is 1160. The van der Waals surface area contributed by atoms with Crippen molar-refractivity contribution in [2.24, 2.45) is 5.92 Å². The smallest absolute Gasteiger partial charge is 0.303 e. The SMILES string of the molecule is COc1cc2c(cc1O[C@@H]1OC[C@@H]3[C@@H](c4cc5c(cc4OC)OCO5)OC[C@]13OC(C)=O)OCO2. The highest BCUT2D eigenvalue weighted by molar-refractivity contribution is 5.67. The van der Waals surface area contributed by atoms with Gasteiger partial charge in [-0.05, 0) is 6.07 Å². The van der Waals surface area contributed by atoms with E-state index in [4.69, 9.17) is 47.4 Å². The maximum atomic E-state index is 12.2. The second kappa shape index (κ2) is 8.28. The third-order valence-corrected chi connectivity index (χ3v) is 6.57. The average molecular weight is 488 g/mol. The van der Waals surface area contributed by atoms with E-state index in [0.717, 1.165) is 5.56 Å². The van der Waals surface area contributed by atoms with Crippen LogP contribution >= 0.6 is 0 Å². The molecule has 0 aliphatic carbocycles. The van der Waals surface area contributed by atoms with Crippen LogP contribution in [0.25, 0.3) is 0 Å².